The molecule has 0 bridgehead atoms. The lowest BCUT2D eigenvalue weighted by Gasteiger charge is -2.43. The average molecular weight is 1160 g/mol. The standard InChI is InChI=1S/C26H34FNO.C24H37FN2O.C24H37FN2/c1-20(2)18-23(19-26(3,4)21-10-12-22(27)13-11-21)28-16-14-25(15-17-28)29-24-8-6-5-7-9-24;1-19(2)17-23(18-24(3,4)20-5-7-21(25)8-6-20)26-11-9-22(10-12-26)27-13-15-28-16-14-27;1-19(2)17-23(18-24(3,4)20-7-9-21(25)10-8-20)27-15-11-22(12-16-27)26-13-5-6-14-26/h5-13,18,23,25H,14-17,19H2,1-4H3;5-8,17,22-23H,9-16,18H2,1-4H3;7-10,17,22-23H,5-6,11-16,18H2,1-4H3. The van der Waals surface area contributed by atoms with Crippen LogP contribution >= 0.6 is 0 Å². The topological polar surface area (TPSA) is 34.7 Å². The summed E-state index contributed by atoms with van der Waals surface area (Å²) in [5, 5.41) is 0. The van der Waals surface area contributed by atoms with Gasteiger partial charge in [-0.25, -0.2) is 13.2 Å². The molecule has 5 heterocycles. The van der Waals surface area contributed by atoms with E-state index in [9.17, 15) is 13.2 Å². The van der Waals surface area contributed by atoms with E-state index < -0.39 is 0 Å². The second-order valence-electron chi connectivity index (χ2n) is 27.8. The number of rotatable bonds is 19. The first-order valence-electron chi connectivity index (χ1n) is 32.3. The quantitative estimate of drug-likeness (QED) is 0.0866. The summed E-state index contributed by atoms with van der Waals surface area (Å²) in [6, 6.07) is 34.0. The van der Waals surface area contributed by atoms with Crippen molar-refractivity contribution in [2.75, 3.05) is 78.7 Å². The zero-order valence-corrected chi connectivity index (χ0v) is 54.0. The number of hydrogen-bond acceptors (Lipinski definition) is 7. The number of morpholine rings is 1. The van der Waals surface area contributed by atoms with Crippen LogP contribution in [0.25, 0.3) is 0 Å². The maximum atomic E-state index is 13.4. The first-order chi connectivity index (χ1) is 40.0. The van der Waals surface area contributed by atoms with Crippen molar-refractivity contribution in [3.63, 3.8) is 0 Å². The van der Waals surface area contributed by atoms with Crippen LogP contribution in [0.2, 0.25) is 0 Å². The summed E-state index contributed by atoms with van der Waals surface area (Å²) >= 11 is 0. The normalized spacial score (nSPS) is 19.9. The molecule has 10 heteroatoms. The number of ether oxygens (including phenoxy) is 2. The van der Waals surface area contributed by atoms with E-state index in [2.05, 4.69) is 126 Å². The zero-order valence-electron chi connectivity index (χ0n) is 54.0. The molecule has 5 aliphatic heterocycles. The molecule has 0 N–H and O–H groups in total. The van der Waals surface area contributed by atoms with E-state index in [-0.39, 0.29) is 39.8 Å². The maximum Gasteiger partial charge on any atom is 0.123 e. The van der Waals surface area contributed by atoms with Gasteiger partial charge in [-0.1, -0.05) is 131 Å². The lowest BCUT2D eigenvalue weighted by atomic mass is 9.78. The molecule has 0 amide bonds. The molecule has 84 heavy (non-hydrogen) atoms. The Hall–Kier alpha value is -4.55. The molecule has 5 saturated heterocycles. The predicted molar refractivity (Wildman–Crippen MR) is 346 cm³/mol. The third kappa shape index (κ3) is 20.8. The molecular weight excluding hydrogens is 1050 g/mol. The molecule has 0 spiro atoms. The number of benzene rings is 4. The second-order valence-corrected chi connectivity index (χ2v) is 27.8. The Morgan fingerprint density at radius 3 is 1.07 bits per heavy atom. The molecule has 462 valence electrons. The molecule has 0 aromatic heterocycles. The highest BCUT2D eigenvalue weighted by Crippen LogP contribution is 2.36. The first kappa shape index (κ1) is 67.0. The van der Waals surface area contributed by atoms with Gasteiger partial charge in [0, 0.05) is 82.6 Å². The van der Waals surface area contributed by atoms with Crippen LogP contribution in [0, 0.1) is 17.5 Å². The summed E-state index contributed by atoms with van der Waals surface area (Å²) in [6.45, 7) is 40.1. The Kier molecular flexibility index (Phi) is 25.4. The molecule has 3 atom stereocenters. The van der Waals surface area contributed by atoms with Gasteiger partial charge in [-0.2, -0.15) is 0 Å². The number of hydrogen-bond donors (Lipinski definition) is 0. The minimum atomic E-state index is -0.175. The molecule has 9 rings (SSSR count). The van der Waals surface area contributed by atoms with Gasteiger partial charge >= 0.3 is 0 Å². The van der Waals surface area contributed by atoms with Crippen molar-refractivity contribution in [1.82, 2.24) is 24.5 Å². The van der Waals surface area contributed by atoms with Gasteiger partial charge in [-0.3, -0.25) is 19.6 Å². The van der Waals surface area contributed by atoms with Gasteiger partial charge < -0.3 is 14.4 Å². The monoisotopic (exact) mass is 1160 g/mol. The van der Waals surface area contributed by atoms with Gasteiger partial charge in [-0.05, 0) is 207 Å². The molecule has 7 nitrogen and oxygen atoms in total. The molecule has 5 aliphatic rings. The Balaban J connectivity index is 0.000000181. The number of allylic oxidation sites excluding steroid dienone is 3. The first-order valence-corrected chi connectivity index (χ1v) is 32.3. The second kappa shape index (κ2) is 31.9. The van der Waals surface area contributed by atoms with E-state index in [0.29, 0.717) is 24.2 Å². The fraction of sp³-hybridized carbons (Fsp3) is 0.595. The Morgan fingerprint density at radius 1 is 0.440 bits per heavy atom. The smallest absolute Gasteiger partial charge is 0.123 e. The zero-order chi connectivity index (χ0) is 60.4. The number of para-hydroxylation sites is 1. The van der Waals surface area contributed by atoms with E-state index in [4.69, 9.17) is 9.47 Å². The highest BCUT2D eigenvalue weighted by molar-refractivity contribution is 5.28. The summed E-state index contributed by atoms with van der Waals surface area (Å²) in [4.78, 5) is 13.3. The van der Waals surface area contributed by atoms with Crippen LogP contribution in [-0.2, 0) is 21.0 Å². The van der Waals surface area contributed by atoms with E-state index in [0.717, 1.165) is 96.4 Å². The Morgan fingerprint density at radius 2 is 0.750 bits per heavy atom. The number of halogens is 3. The maximum absolute atomic E-state index is 13.4. The largest absolute Gasteiger partial charge is 0.490 e. The summed E-state index contributed by atoms with van der Waals surface area (Å²) in [5.74, 6) is 0.472. The summed E-state index contributed by atoms with van der Waals surface area (Å²) in [6.07, 6.45) is 20.6. The van der Waals surface area contributed by atoms with Crippen LogP contribution in [0.15, 0.2) is 138 Å². The van der Waals surface area contributed by atoms with Gasteiger partial charge in [0.25, 0.3) is 0 Å². The average Bonchev–Trinajstić information content (AvgIpc) is 3.66. The van der Waals surface area contributed by atoms with Crippen LogP contribution in [0.1, 0.15) is 170 Å². The molecule has 4 aromatic carbocycles. The lowest BCUT2D eigenvalue weighted by Crippen LogP contribution is -2.51. The van der Waals surface area contributed by atoms with E-state index in [1.165, 1.54) is 98.1 Å². The van der Waals surface area contributed by atoms with Gasteiger partial charge in [0.15, 0.2) is 0 Å². The molecule has 0 aliphatic carbocycles. The molecule has 0 radical (unpaired) electrons. The fourth-order valence-corrected chi connectivity index (χ4v) is 13.9. The highest BCUT2D eigenvalue weighted by atomic mass is 19.1. The van der Waals surface area contributed by atoms with Gasteiger partial charge in [0.05, 0.1) is 13.2 Å². The van der Waals surface area contributed by atoms with Crippen molar-refractivity contribution >= 4 is 0 Å². The van der Waals surface area contributed by atoms with Crippen molar-refractivity contribution in [3.05, 3.63) is 172 Å². The third-order valence-electron chi connectivity index (χ3n) is 18.8. The highest BCUT2D eigenvalue weighted by Gasteiger charge is 2.35. The fourth-order valence-electron chi connectivity index (χ4n) is 13.9. The minimum Gasteiger partial charge on any atom is -0.490 e. The molecular formula is C74H108F3N5O2. The molecule has 3 unspecified atom stereocenters. The number of likely N-dealkylation sites (tertiary alicyclic amines) is 4. The van der Waals surface area contributed by atoms with Crippen molar-refractivity contribution in [3.8, 4) is 5.75 Å². The van der Waals surface area contributed by atoms with E-state index >= 15 is 0 Å². The van der Waals surface area contributed by atoms with Crippen LogP contribution in [0.4, 0.5) is 13.2 Å². The molecule has 0 saturated carbocycles. The Labute approximate surface area is 507 Å². The SMILES string of the molecule is CC(C)=CC(CC(C)(C)c1ccc(F)cc1)N1CCC(N2CCCC2)CC1.CC(C)=CC(CC(C)(C)c1ccc(F)cc1)N1CCC(N2CCOCC2)CC1.CC(C)=CC(CC(C)(C)c1ccc(F)cc1)N1CCC(Oc2ccccc2)CC1. The van der Waals surface area contributed by atoms with Crippen molar-refractivity contribution in [2.45, 2.75) is 206 Å². The van der Waals surface area contributed by atoms with Crippen LogP contribution in [0.3, 0.4) is 0 Å². The summed E-state index contributed by atoms with van der Waals surface area (Å²) in [5.41, 5.74) is 7.73. The van der Waals surface area contributed by atoms with E-state index in [1.807, 2.05) is 66.7 Å². The lowest BCUT2D eigenvalue weighted by molar-refractivity contribution is -0.00233. The van der Waals surface area contributed by atoms with Crippen LogP contribution < -0.4 is 4.74 Å². The minimum absolute atomic E-state index is 0.00533. The Bertz CT molecular complexity index is 2620. The van der Waals surface area contributed by atoms with Crippen LogP contribution in [-0.4, -0.2) is 139 Å². The van der Waals surface area contributed by atoms with Gasteiger partial charge in [0.1, 0.15) is 29.3 Å². The van der Waals surface area contributed by atoms with Gasteiger partial charge in [-0.15, -0.1) is 0 Å². The third-order valence-corrected chi connectivity index (χ3v) is 18.8. The molecule has 4 aromatic rings. The van der Waals surface area contributed by atoms with Gasteiger partial charge in [0.2, 0.25) is 0 Å². The van der Waals surface area contributed by atoms with Crippen molar-refractivity contribution in [1.29, 1.82) is 0 Å². The number of nitrogens with zero attached hydrogens (tertiary/aromatic N) is 5. The van der Waals surface area contributed by atoms with E-state index in [1.54, 1.807) is 36.4 Å². The van der Waals surface area contributed by atoms with Crippen molar-refractivity contribution < 1.29 is 22.6 Å². The predicted octanol–water partition coefficient (Wildman–Crippen LogP) is 16.4. The summed E-state index contributed by atoms with van der Waals surface area (Å²) in [7, 11) is 0. The molecule has 5 fully saturated rings. The number of piperidine rings is 3. The van der Waals surface area contributed by atoms with Crippen molar-refractivity contribution in [2.24, 2.45) is 0 Å². The van der Waals surface area contributed by atoms with Crippen LogP contribution in [0.5, 0.6) is 5.75 Å². The summed E-state index contributed by atoms with van der Waals surface area (Å²) < 4.78 is 51.8.